The monoisotopic (exact) mass is 276 g/mol. The molecule has 0 fully saturated rings. The molecule has 0 atom stereocenters. The van der Waals surface area contributed by atoms with Crippen LogP contribution in [0.25, 0.3) is 11.1 Å². The molecule has 0 bridgehead atoms. The summed E-state index contributed by atoms with van der Waals surface area (Å²) in [6, 6.07) is 5.33. The number of halogens is 1. The molecule has 1 aromatic carbocycles. The highest BCUT2D eigenvalue weighted by Gasteiger charge is 2.15. The highest BCUT2D eigenvalue weighted by atomic mass is 19.1. The molecule has 0 aliphatic carbocycles. The van der Waals surface area contributed by atoms with Gasteiger partial charge in [0.25, 0.3) is 0 Å². The summed E-state index contributed by atoms with van der Waals surface area (Å²) in [5.41, 5.74) is -0.253. The van der Waals surface area contributed by atoms with E-state index in [1.807, 2.05) is 0 Å². The molecule has 0 unspecified atom stereocenters. The van der Waals surface area contributed by atoms with Crippen LogP contribution in [-0.4, -0.2) is 29.8 Å². The molecule has 1 N–H and O–H groups in total. The zero-order valence-corrected chi connectivity index (χ0v) is 11.0. The molecule has 0 amide bonds. The van der Waals surface area contributed by atoms with E-state index >= 15 is 0 Å². The van der Waals surface area contributed by atoms with Crippen LogP contribution in [0.3, 0.4) is 0 Å². The number of hydrogen-bond donors (Lipinski definition) is 1. The molecule has 0 radical (unpaired) electrons. The summed E-state index contributed by atoms with van der Waals surface area (Å²) in [5, 5.41) is 10.7. The molecule has 1 aromatic heterocycles. The lowest BCUT2D eigenvalue weighted by molar-refractivity contribution is 0.0694. The van der Waals surface area contributed by atoms with Crippen LogP contribution >= 0.6 is 0 Å². The average Bonchev–Trinajstić information content (AvgIpc) is 2.39. The van der Waals surface area contributed by atoms with Crippen LogP contribution in [0.5, 0.6) is 0 Å². The Morgan fingerprint density at radius 2 is 1.80 bits per heavy atom. The first-order valence-corrected chi connectivity index (χ1v) is 5.83. The summed E-state index contributed by atoms with van der Waals surface area (Å²) in [4.78, 5) is 23.3. The summed E-state index contributed by atoms with van der Waals surface area (Å²) in [6.45, 7) is 0. The number of rotatable bonds is 3. The molecule has 0 aliphatic rings. The van der Waals surface area contributed by atoms with Crippen molar-refractivity contribution in [2.45, 2.75) is 0 Å². The lowest BCUT2D eigenvalue weighted by Gasteiger charge is -2.18. The fourth-order valence-electron chi connectivity index (χ4n) is 1.78. The van der Waals surface area contributed by atoms with Gasteiger partial charge in [0.2, 0.25) is 5.43 Å². The number of nitrogens with zero attached hydrogens (tertiary/aromatic N) is 2. The predicted molar refractivity (Wildman–Crippen MR) is 73.1 cm³/mol. The fraction of sp³-hybridized carbons (Fsp3) is 0.143. The van der Waals surface area contributed by atoms with Gasteiger partial charge in [0, 0.05) is 32.1 Å². The zero-order chi connectivity index (χ0) is 14.9. The molecule has 2 aromatic rings. The van der Waals surface area contributed by atoms with Crippen molar-refractivity contribution in [3.05, 3.63) is 58.3 Å². The normalized spacial score (nSPS) is 10.3. The molecule has 20 heavy (non-hydrogen) atoms. The number of pyridine rings is 1. The number of hydrogen-bond acceptors (Lipinski definition) is 3. The van der Waals surface area contributed by atoms with Gasteiger partial charge in [-0.1, -0.05) is 12.1 Å². The second kappa shape index (κ2) is 5.16. The molecule has 0 aliphatic heterocycles. The molecular weight excluding hydrogens is 263 g/mol. The van der Waals surface area contributed by atoms with Gasteiger partial charge in [-0.3, -0.25) is 9.47 Å². The summed E-state index contributed by atoms with van der Waals surface area (Å²) in [5.74, 6) is -1.72. The van der Waals surface area contributed by atoms with Crippen molar-refractivity contribution < 1.29 is 14.3 Å². The highest BCUT2D eigenvalue weighted by molar-refractivity contribution is 5.88. The molecule has 5 nitrogen and oxygen atoms in total. The van der Waals surface area contributed by atoms with Crippen molar-refractivity contribution in [3.8, 4) is 11.1 Å². The topological polar surface area (TPSA) is 62.5 Å². The van der Waals surface area contributed by atoms with Gasteiger partial charge in [0.15, 0.2) is 0 Å². The highest BCUT2D eigenvalue weighted by Crippen LogP contribution is 2.16. The second-order valence-corrected chi connectivity index (χ2v) is 4.45. The summed E-state index contributed by atoms with van der Waals surface area (Å²) in [7, 11) is 3.43. The van der Waals surface area contributed by atoms with Crippen LogP contribution in [0.2, 0.25) is 0 Å². The first kappa shape index (κ1) is 13.8. The van der Waals surface area contributed by atoms with E-state index in [4.69, 9.17) is 5.11 Å². The van der Waals surface area contributed by atoms with E-state index in [0.29, 0.717) is 5.56 Å². The minimum atomic E-state index is -1.30. The second-order valence-electron chi connectivity index (χ2n) is 4.45. The summed E-state index contributed by atoms with van der Waals surface area (Å²) >= 11 is 0. The number of benzene rings is 1. The van der Waals surface area contributed by atoms with Crippen molar-refractivity contribution >= 4 is 5.97 Å². The lowest BCUT2D eigenvalue weighted by atomic mass is 10.1. The van der Waals surface area contributed by atoms with Gasteiger partial charge in [-0.05, 0) is 17.7 Å². The fourth-order valence-corrected chi connectivity index (χ4v) is 1.78. The SMILES string of the molecule is CN(C)n1cc(C(=O)O)c(=O)c(-c2ccc(F)cc2)c1. The van der Waals surface area contributed by atoms with E-state index < -0.39 is 17.2 Å². The number of aromatic nitrogens is 1. The predicted octanol–water partition coefficient (Wildman–Crippen LogP) is 1.55. The van der Waals surface area contributed by atoms with Gasteiger partial charge in [0.05, 0.1) is 0 Å². The van der Waals surface area contributed by atoms with E-state index in [1.54, 1.807) is 19.1 Å². The van der Waals surface area contributed by atoms with Crippen molar-refractivity contribution in [1.82, 2.24) is 4.68 Å². The standard InChI is InChI=1S/C14H13FN2O3/c1-16(2)17-7-11(9-3-5-10(15)6-4-9)13(18)12(8-17)14(19)20/h3-8H,1-2H3,(H,19,20). The van der Waals surface area contributed by atoms with Crippen molar-refractivity contribution in [1.29, 1.82) is 0 Å². The number of aromatic carboxylic acids is 1. The molecule has 0 spiro atoms. The van der Waals surface area contributed by atoms with Gasteiger partial charge in [-0.2, -0.15) is 0 Å². The number of carboxylic acids is 1. The van der Waals surface area contributed by atoms with Gasteiger partial charge >= 0.3 is 5.97 Å². The van der Waals surface area contributed by atoms with E-state index in [0.717, 1.165) is 0 Å². The van der Waals surface area contributed by atoms with Gasteiger partial charge in [-0.15, -0.1) is 0 Å². The van der Waals surface area contributed by atoms with Gasteiger partial charge in [0.1, 0.15) is 11.4 Å². The Morgan fingerprint density at radius 3 is 2.30 bits per heavy atom. The van der Waals surface area contributed by atoms with Crippen LogP contribution in [0.4, 0.5) is 4.39 Å². The quantitative estimate of drug-likeness (QED) is 0.924. The number of carbonyl (C=O) groups is 1. The minimum Gasteiger partial charge on any atom is -0.477 e. The molecule has 0 saturated carbocycles. The van der Waals surface area contributed by atoms with E-state index in [2.05, 4.69) is 0 Å². The van der Waals surface area contributed by atoms with E-state index in [-0.39, 0.29) is 11.1 Å². The maximum Gasteiger partial charge on any atom is 0.341 e. The Morgan fingerprint density at radius 1 is 1.20 bits per heavy atom. The van der Waals surface area contributed by atoms with Crippen LogP contribution < -0.4 is 10.4 Å². The average molecular weight is 276 g/mol. The molecule has 0 saturated heterocycles. The van der Waals surface area contributed by atoms with Crippen molar-refractivity contribution in [2.75, 3.05) is 19.1 Å². The molecule has 2 rings (SSSR count). The minimum absolute atomic E-state index is 0.207. The Hall–Kier alpha value is -2.63. The van der Waals surface area contributed by atoms with Crippen molar-refractivity contribution in [2.24, 2.45) is 0 Å². The lowest BCUT2D eigenvalue weighted by Crippen LogP contribution is -2.29. The first-order valence-electron chi connectivity index (χ1n) is 5.83. The zero-order valence-electron chi connectivity index (χ0n) is 11.0. The van der Waals surface area contributed by atoms with Crippen LogP contribution in [0, 0.1) is 5.82 Å². The first-order chi connectivity index (χ1) is 9.40. The maximum absolute atomic E-state index is 12.9. The van der Waals surface area contributed by atoms with Crippen LogP contribution in [-0.2, 0) is 0 Å². The third kappa shape index (κ3) is 2.54. The Bertz CT molecular complexity index is 705. The largest absolute Gasteiger partial charge is 0.477 e. The van der Waals surface area contributed by atoms with E-state index in [9.17, 15) is 14.0 Å². The third-order valence-electron chi connectivity index (χ3n) is 2.86. The smallest absolute Gasteiger partial charge is 0.341 e. The molecule has 1 heterocycles. The van der Waals surface area contributed by atoms with Crippen LogP contribution in [0.15, 0.2) is 41.5 Å². The molecular formula is C14H13FN2O3. The molecule has 104 valence electrons. The summed E-state index contributed by atoms with van der Waals surface area (Å²) < 4.78 is 14.4. The Balaban J connectivity index is 2.71. The molecule has 6 heteroatoms. The summed E-state index contributed by atoms with van der Waals surface area (Å²) in [6.07, 6.45) is 2.76. The van der Waals surface area contributed by atoms with Gasteiger partial charge < -0.3 is 10.1 Å². The Labute approximate surface area is 114 Å². The third-order valence-corrected chi connectivity index (χ3v) is 2.86. The maximum atomic E-state index is 12.9. The van der Waals surface area contributed by atoms with E-state index in [1.165, 1.54) is 41.3 Å². The number of carboxylic acid groups (broad SMARTS) is 1. The Kier molecular flexibility index (Phi) is 3.56. The van der Waals surface area contributed by atoms with Crippen molar-refractivity contribution in [3.63, 3.8) is 0 Å². The van der Waals surface area contributed by atoms with Gasteiger partial charge in [-0.25, -0.2) is 9.18 Å². The van der Waals surface area contributed by atoms with Crippen LogP contribution in [0.1, 0.15) is 10.4 Å².